The second-order valence-electron chi connectivity index (χ2n) is 4.78. The largest absolute Gasteiger partial charge is 0.496 e. The van der Waals surface area contributed by atoms with Gasteiger partial charge in [-0.1, -0.05) is 6.07 Å². The van der Waals surface area contributed by atoms with Crippen molar-refractivity contribution in [2.24, 2.45) is 0 Å². The number of hydrogen-bond donors (Lipinski definition) is 0. The summed E-state index contributed by atoms with van der Waals surface area (Å²) in [5, 5.41) is 0. The number of rotatable bonds is 2. The number of nitrogens with zero attached hydrogens (tertiary/aromatic N) is 2. The van der Waals surface area contributed by atoms with Crippen molar-refractivity contribution in [3.8, 4) is 5.75 Å². The smallest absolute Gasteiger partial charge is 0.254 e. The van der Waals surface area contributed by atoms with E-state index in [1.807, 2.05) is 30.0 Å². The number of hydrogen-bond acceptors (Lipinski definition) is 3. The first kappa shape index (κ1) is 12.9. The van der Waals surface area contributed by atoms with Gasteiger partial charge in [0.2, 0.25) is 0 Å². The van der Waals surface area contributed by atoms with Crippen LogP contribution in [0, 0.1) is 6.92 Å². The molecule has 4 heteroatoms. The fraction of sp³-hybridized carbons (Fsp3) is 0.500. The molecule has 1 aromatic rings. The summed E-state index contributed by atoms with van der Waals surface area (Å²) in [4.78, 5) is 16.5. The van der Waals surface area contributed by atoms with Crippen LogP contribution in [0.3, 0.4) is 0 Å². The van der Waals surface area contributed by atoms with E-state index in [4.69, 9.17) is 4.74 Å². The molecule has 0 bridgehead atoms. The maximum absolute atomic E-state index is 12.3. The van der Waals surface area contributed by atoms with Crippen LogP contribution in [0.4, 0.5) is 0 Å². The fourth-order valence-electron chi connectivity index (χ4n) is 2.15. The Morgan fingerprint density at radius 1 is 1.22 bits per heavy atom. The zero-order chi connectivity index (χ0) is 13.1. The topological polar surface area (TPSA) is 32.8 Å². The Bertz CT molecular complexity index is 437. The second kappa shape index (κ2) is 5.40. The van der Waals surface area contributed by atoms with Crippen molar-refractivity contribution in [1.29, 1.82) is 0 Å². The molecule has 0 N–H and O–H groups in total. The molecule has 4 nitrogen and oxygen atoms in total. The van der Waals surface area contributed by atoms with E-state index in [0.29, 0.717) is 5.56 Å². The zero-order valence-corrected chi connectivity index (χ0v) is 11.3. The fourth-order valence-corrected chi connectivity index (χ4v) is 2.15. The summed E-state index contributed by atoms with van der Waals surface area (Å²) in [6.07, 6.45) is 0. The third kappa shape index (κ3) is 2.64. The molecule has 1 fully saturated rings. The predicted molar refractivity (Wildman–Crippen MR) is 71.1 cm³/mol. The maximum atomic E-state index is 12.3. The molecule has 0 spiro atoms. The molecule has 0 unspecified atom stereocenters. The van der Waals surface area contributed by atoms with E-state index in [9.17, 15) is 4.79 Å². The van der Waals surface area contributed by atoms with Gasteiger partial charge in [-0.3, -0.25) is 4.79 Å². The average molecular weight is 248 g/mol. The van der Waals surface area contributed by atoms with Gasteiger partial charge in [-0.25, -0.2) is 0 Å². The third-order valence-corrected chi connectivity index (χ3v) is 3.45. The van der Waals surface area contributed by atoms with Crippen LogP contribution in [0.2, 0.25) is 0 Å². The maximum Gasteiger partial charge on any atom is 0.254 e. The number of carbonyl (C=O) groups excluding carboxylic acids is 1. The van der Waals surface area contributed by atoms with Crippen LogP contribution in [0.1, 0.15) is 15.9 Å². The Morgan fingerprint density at radius 2 is 1.89 bits per heavy atom. The van der Waals surface area contributed by atoms with Crippen molar-refractivity contribution in [1.82, 2.24) is 9.80 Å². The highest BCUT2D eigenvalue weighted by Crippen LogP contribution is 2.20. The van der Waals surface area contributed by atoms with Crippen molar-refractivity contribution < 1.29 is 9.53 Å². The number of aryl methyl sites for hydroxylation is 1. The second-order valence-corrected chi connectivity index (χ2v) is 4.78. The number of piperazine rings is 1. The summed E-state index contributed by atoms with van der Waals surface area (Å²) >= 11 is 0. The van der Waals surface area contributed by atoms with E-state index in [2.05, 4.69) is 11.9 Å². The van der Waals surface area contributed by atoms with E-state index in [-0.39, 0.29) is 5.91 Å². The number of ether oxygens (including phenoxy) is 1. The zero-order valence-electron chi connectivity index (χ0n) is 11.3. The quantitative estimate of drug-likeness (QED) is 0.793. The average Bonchev–Trinajstić information content (AvgIpc) is 2.39. The molecule has 18 heavy (non-hydrogen) atoms. The molecule has 1 heterocycles. The van der Waals surface area contributed by atoms with Gasteiger partial charge in [-0.05, 0) is 31.7 Å². The molecule has 0 radical (unpaired) electrons. The number of benzene rings is 1. The minimum atomic E-state index is 0.0985. The van der Waals surface area contributed by atoms with E-state index in [1.54, 1.807) is 7.11 Å². The number of methoxy groups -OCH3 is 1. The minimum absolute atomic E-state index is 0.0985. The van der Waals surface area contributed by atoms with Crippen molar-refractivity contribution in [3.63, 3.8) is 0 Å². The van der Waals surface area contributed by atoms with Gasteiger partial charge in [-0.2, -0.15) is 0 Å². The molecule has 1 aliphatic rings. The van der Waals surface area contributed by atoms with Gasteiger partial charge < -0.3 is 14.5 Å². The summed E-state index contributed by atoms with van der Waals surface area (Å²) in [6.45, 7) is 5.45. The van der Waals surface area contributed by atoms with Crippen molar-refractivity contribution >= 4 is 5.91 Å². The molecule has 0 atom stereocenters. The summed E-state index contributed by atoms with van der Waals surface area (Å²) in [6, 6.07) is 5.64. The Morgan fingerprint density at radius 3 is 2.50 bits per heavy atom. The van der Waals surface area contributed by atoms with Crippen LogP contribution in [0.25, 0.3) is 0 Å². The summed E-state index contributed by atoms with van der Waals surface area (Å²) in [5.74, 6) is 0.872. The Hall–Kier alpha value is -1.55. The van der Waals surface area contributed by atoms with Crippen LogP contribution in [-0.2, 0) is 0 Å². The molecule has 2 rings (SSSR count). The Kier molecular flexibility index (Phi) is 3.87. The summed E-state index contributed by atoms with van der Waals surface area (Å²) < 4.78 is 5.26. The van der Waals surface area contributed by atoms with Gasteiger partial charge in [-0.15, -0.1) is 0 Å². The molecular weight excluding hydrogens is 228 g/mol. The molecule has 1 saturated heterocycles. The SMILES string of the molecule is COc1cc(C(=O)N2CCN(C)CC2)ccc1C. The highest BCUT2D eigenvalue weighted by atomic mass is 16.5. The van der Waals surface area contributed by atoms with Crippen LogP contribution >= 0.6 is 0 Å². The standard InChI is InChI=1S/C14H20N2O2/c1-11-4-5-12(10-13(11)18-3)14(17)16-8-6-15(2)7-9-16/h4-5,10H,6-9H2,1-3H3. The lowest BCUT2D eigenvalue weighted by Gasteiger charge is -2.32. The van der Waals surface area contributed by atoms with E-state index in [0.717, 1.165) is 37.5 Å². The lowest BCUT2D eigenvalue weighted by atomic mass is 10.1. The normalized spacial score (nSPS) is 16.7. The lowest BCUT2D eigenvalue weighted by Crippen LogP contribution is -2.47. The molecular formula is C14H20N2O2. The number of likely N-dealkylation sites (N-methyl/N-ethyl adjacent to an activating group) is 1. The van der Waals surface area contributed by atoms with Gasteiger partial charge in [0, 0.05) is 31.7 Å². The first-order valence-corrected chi connectivity index (χ1v) is 6.24. The highest BCUT2D eigenvalue weighted by molar-refractivity contribution is 5.94. The van der Waals surface area contributed by atoms with Gasteiger partial charge >= 0.3 is 0 Å². The van der Waals surface area contributed by atoms with E-state index in [1.165, 1.54) is 0 Å². The van der Waals surface area contributed by atoms with Gasteiger partial charge in [0.05, 0.1) is 7.11 Å². The Balaban J connectivity index is 2.13. The molecule has 1 amide bonds. The summed E-state index contributed by atoms with van der Waals surface area (Å²) in [7, 11) is 3.71. The van der Waals surface area contributed by atoms with Crippen LogP contribution < -0.4 is 4.74 Å². The molecule has 1 aromatic carbocycles. The van der Waals surface area contributed by atoms with E-state index >= 15 is 0 Å². The van der Waals surface area contributed by atoms with Crippen molar-refractivity contribution in [2.75, 3.05) is 40.3 Å². The third-order valence-electron chi connectivity index (χ3n) is 3.45. The van der Waals surface area contributed by atoms with Crippen LogP contribution in [0.5, 0.6) is 5.75 Å². The highest BCUT2D eigenvalue weighted by Gasteiger charge is 2.20. The van der Waals surface area contributed by atoms with Crippen molar-refractivity contribution in [3.05, 3.63) is 29.3 Å². The molecule has 0 aromatic heterocycles. The van der Waals surface area contributed by atoms with E-state index < -0.39 is 0 Å². The predicted octanol–water partition coefficient (Wildman–Crippen LogP) is 1.39. The molecule has 1 aliphatic heterocycles. The number of carbonyl (C=O) groups is 1. The first-order valence-electron chi connectivity index (χ1n) is 6.24. The Labute approximate surface area is 108 Å². The van der Waals surface area contributed by atoms with Gasteiger partial charge in [0.1, 0.15) is 5.75 Å². The lowest BCUT2D eigenvalue weighted by molar-refractivity contribution is 0.0664. The molecule has 0 saturated carbocycles. The summed E-state index contributed by atoms with van der Waals surface area (Å²) in [5.41, 5.74) is 1.76. The number of amides is 1. The monoisotopic (exact) mass is 248 g/mol. The van der Waals surface area contributed by atoms with Crippen LogP contribution in [0.15, 0.2) is 18.2 Å². The molecule has 0 aliphatic carbocycles. The minimum Gasteiger partial charge on any atom is -0.496 e. The molecule has 98 valence electrons. The van der Waals surface area contributed by atoms with Crippen molar-refractivity contribution in [2.45, 2.75) is 6.92 Å². The first-order chi connectivity index (χ1) is 8.61. The van der Waals surface area contributed by atoms with Crippen LogP contribution in [-0.4, -0.2) is 56.0 Å². The van der Waals surface area contributed by atoms with Gasteiger partial charge in [0.15, 0.2) is 0 Å². The van der Waals surface area contributed by atoms with Gasteiger partial charge in [0.25, 0.3) is 5.91 Å².